The van der Waals surface area contributed by atoms with E-state index in [2.05, 4.69) is 25.9 Å². The van der Waals surface area contributed by atoms with Crippen LogP contribution in [0.3, 0.4) is 0 Å². The zero-order valence-electron chi connectivity index (χ0n) is 24.5. The first-order chi connectivity index (χ1) is 20.5. The summed E-state index contributed by atoms with van der Waals surface area (Å²) in [5.41, 5.74) is -0.751. The Balaban J connectivity index is 1.48. The van der Waals surface area contributed by atoms with Crippen molar-refractivity contribution in [1.29, 1.82) is 0 Å². The summed E-state index contributed by atoms with van der Waals surface area (Å²) in [6.07, 6.45) is 0.119. The molecule has 3 N–H and O–H groups in total. The average Bonchev–Trinajstić information content (AvgIpc) is 3.80. The number of aryl methyl sites for hydroxylation is 1. The van der Waals surface area contributed by atoms with E-state index in [9.17, 15) is 19.2 Å². The zero-order valence-corrected chi connectivity index (χ0v) is 26.1. The van der Waals surface area contributed by atoms with Gasteiger partial charge in [0, 0.05) is 31.3 Å². The molecule has 0 spiro atoms. The molecule has 3 aliphatic heterocycles. The van der Waals surface area contributed by atoms with Crippen molar-refractivity contribution < 1.29 is 28.3 Å². The minimum Gasteiger partial charge on any atom is -0.443 e. The van der Waals surface area contributed by atoms with E-state index in [4.69, 9.17) is 14.1 Å². The predicted molar refractivity (Wildman–Crippen MR) is 154 cm³/mol. The van der Waals surface area contributed by atoms with Gasteiger partial charge in [0.05, 0.1) is 12.1 Å². The third-order valence-electron chi connectivity index (χ3n) is 8.54. The monoisotopic (exact) mass is 628 g/mol. The molecule has 6 atom stereocenters. The Labute approximate surface area is 255 Å². The van der Waals surface area contributed by atoms with Crippen LogP contribution in [0.1, 0.15) is 105 Å². The van der Waals surface area contributed by atoms with Crippen LogP contribution in [0.4, 0.5) is 4.79 Å². The van der Waals surface area contributed by atoms with Crippen molar-refractivity contribution in [2.24, 2.45) is 5.92 Å². The van der Waals surface area contributed by atoms with Crippen molar-refractivity contribution in [3.63, 3.8) is 0 Å². The van der Waals surface area contributed by atoms with Crippen molar-refractivity contribution >= 4 is 46.4 Å². The molecule has 3 aliphatic rings. The van der Waals surface area contributed by atoms with E-state index in [-0.39, 0.29) is 41.3 Å². The molecule has 6 bridgehead atoms. The minimum atomic E-state index is -1.16. The number of urea groups is 1. The second-order valence-electron chi connectivity index (χ2n) is 11.0. The van der Waals surface area contributed by atoms with Crippen LogP contribution in [0.25, 0.3) is 0 Å². The number of rotatable bonds is 3. The third kappa shape index (κ3) is 4.58. The number of fused-ring (bicyclic) bond motifs is 10. The van der Waals surface area contributed by atoms with E-state index in [1.54, 1.807) is 31.7 Å². The van der Waals surface area contributed by atoms with Crippen LogP contribution in [-0.4, -0.2) is 74.6 Å². The number of carbonyl (C=O) groups excluding carboxylic acids is 4. The van der Waals surface area contributed by atoms with Gasteiger partial charge in [0.1, 0.15) is 33.2 Å². The molecule has 43 heavy (non-hydrogen) atoms. The van der Waals surface area contributed by atoms with E-state index >= 15 is 0 Å². The van der Waals surface area contributed by atoms with Crippen LogP contribution < -0.4 is 16.0 Å². The summed E-state index contributed by atoms with van der Waals surface area (Å²) in [4.78, 5) is 70.4. The molecular formula is C27H32N8O6S2. The summed E-state index contributed by atoms with van der Waals surface area (Å²) in [5, 5.41) is 13.1. The van der Waals surface area contributed by atoms with Crippen LogP contribution in [0.2, 0.25) is 0 Å². The summed E-state index contributed by atoms with van der Waals surface area (Å²) in [7, 11) is 3.11. The van der Waals surface area contributed by atoms with Crippen molar-refractivity contribution in [2.75, 3.05) is 14.2 Å². The van der Waals surface area contributed by atoms with Gasteiger partial charge >= 0.3 is 6.03 Å². The van der Waals surface area contributed by atoms with Crippen LogP contribution >= 0.6 is 22.7 Å². The molecule has 0 unspecified atom stereocenters. The SMILES string of the molecule is CC[C@H](C)[C@@H]1NC(=O)c2nc(oc2C)[C@H](C)NC(=O)c2csc(n2)[C@@H]2C[C@]3(OC)[C@@H](NC(=O)N3C)N2C(=O)c2csc1n2. The summed E-state index contributed by atoms with van der Waals surface area (Å²) in [5.74, 6) is -0.885. The lowest BCUT2D eigenvalue weighted by molar-refractivity contribution is -0.0981. The number of methoxy groups -OCH3 is 1. The molecule has 2 fully saturated rings. The Bertz CT molecular complexity index is 1620. The van der Waals surface area contributed by atoms with Gasteiger partial charge in [-0.3, -0.25) is 19.3 Å². The topological polar surface area (TPSA) is 172 Å². The number of hydrogen-bond acceptors (Lipinski definition) is 11. The number of amides is 5. The maximum atomic E-state index is 14.3. The zero-order chi connectivity index (χ0) is 30.8. The van der Waals surface area contributed by atoms with Gasteiger partial charge < -0.3 is 30.0 Å². The Morgan fingerprint density at radius 2 is 1.77 bits per heavy atom. The first-order valence-corrected chi connectivity index (χ1v) is 15.7. The second-order valence-corrected chi connectivity index (χ2v) is 12.8. The molecule has 16 heteroatoms. The second kappa shape index (κ2) is 10.7. The molecule has 0 aromatic carbocycles. The van der Waals surface area contributed by atoms with Gasteiger partial charge in [-0.25, -0.2) is 19.7 Å². The van der Waals surface area contributed by atoms with Gasteiger partial charge in [0.25, 0.3) is 17.7 Å². The van der Waals surface area contributed by atoms with Gasteiger partial charge in [-0.05, 0) is 19.8 Å². The number of hydrogen-bond donors (Lipinski definition) is 3. The normalized spacial score (nSPS) is 28.0. The molecule has 2 saturated heterocycles. The average molecular weight is 629 g/mol. The van der Waals surface area contributed by atoms with E-state index in [1.807, 2.05) is 13.8 Å². The molecule has 3 aromatic rings. The molecule has 6 heterocycles. The highest BCUT2D eigenvalue weighted by Crippen LogP contribution is 2.48. The van der Waals surface area contributed by atoms with Gasteiger partial charge in [-0.2, -0.15) is 0 Å². The lowest BCUT2D eigenvalue weighted by atomic mass is 9.99. The molecule has 6 rings (SSSR count). The highest BCUT2D eigenvalue weighted by atomic mass is 32.1. The smallest absolute Gasteiger partial charge is 0.321 e. The van der Waals surface area contributed by atoms with Crippen molar-refractivity contribution in [3.8, 4) is 0 Å². The summed E-state index contributed by atoms with van der Waals surface area (Å²) >= 11 is 2.50. The lowest BCUT2D eigenvalue weighted by Crippen LogP contribution is -2.53. The summed E-state index contributed by atoms with van der Waals surface area (Å²) < 4.78 is 11.7. The van der Waals surface area contributed by atoms with E-state index in [0.29, 0.717) is 15.8 Å². The maximum absolute atomic E-state index is 14.3. The summed E-state index contributed by atoms with van der Waals surface area (Å²) in [6.45, 7) is 7.34. The highest BCUT2D eigenvalue weighted by Gasteiger charge is 2.64. The molecule has 228 valence electrons. The van der Waals surface area contributed by atoms with Gasteiger partial charge in [0.15, 0.2) is 17.6 Å². The largest absolute Gasteiger partial charge is 0.443 e. The van der Waals surface area contributed by atoms with E-state index in [0.717, 1.165) is 6.42 Å². The van der Waals surface area contributed by atoms with Crippen LogP contribution in [0.5, 0.6) is 0 Å². The Morgan fingerprint density at radius 1 is 1.07 bits per heavy atom. The molecule has 3 aromatic heterocycles. The van der Waals surface area contributed by atoms with Crippen molar-refractivity contribution in [3.05, 3.63) is 49.5 Å². The fourth-order valence-electron chi connectivity index (χ4n) is 5.81. The van der Waals surface area contributed by atoms with Crippen LogP contribution in [-0.2, 0) is 4.74 Å². The van der Waals surface area contributed by atoms with Gasteiger partial charge in [0.2, 0.25) is 5.89 Å². The molecular weight excluding hydrogens is 596 g/mol. The third-order valence-corrected chi connectivity index (χ3v) is 10.4. The molecule has 0 aliphatic carbocycles. The molecule has 14 nitrogen and oxygen atoms in total. The fraction of sp³-hybridized carbons (Fsp3) is 0.519. The highest BCUT2D eigenvalue weighted by molar-refractivity contribution is 7.10. The number of ether oxygens (including phenoxy) is 1. The number of nitrogens with one attached hydrogen (secondary N) is 3. The number of oxazole rings is 1. The van der Waals surface area contributed by atoms with Crippen molar-refractivity contribution in [1.82, 2.24) is 40.7 Å². The first-order valence-electron chi connectivity index (χ1n) is 13.9. The number of aromatic nitrogens is 3. The predicted octanol–water partition coefficient (Wildman–Crippen LogP) is 3.13. The maximum Gasteiger partial charge on any atom is 0.321 e. The van der Waals surface area contributed by atoms with Gasteiger partial charge in [-0.15, -0.1) is 22.7 Å². The van der Waals surface area contributed by atoms with E-state index < -0.39 is 47.7 Å². The Hall–Kier alpha value is -3.89. The summed E-state index contributed by atoms with van der Waals surface area (Å²) in [6, 6.07) is -2.18. The Morgan fingerprint density at radius 3 is 2.49 bits per heavy atom. The minimum absolute atomic E-state index is 0.0225. The quantitative estimate of drug-likeness (QED) is 0.394. The number of thiazole rings is 2. The van der Waals surface area contributed by atoms with Crippen molar-refractivity contribution in [2.45, 2.75) is 70.6 Å². The Kier molecular flexibility index (Phi) is 7.25. The standard InChI is InChI=1S/C27H32N8O6S2/c1-7-11(2)17-23-30-15(10-43-23)24(38)35-16(8-27(40-6)25(35)33-26(39)34(27)5)22-29-14(9-42-22)19(36)28-12(3)21-32-18(13(4)41-21)20(37)31-17/h9-12,16-17,25H,7-8H2,1-6H3,(H,28,36)(H,31,37)(H,33,39)/t11-,12-,16-,17-,25-,27-/m0/s1. The molecule has 0 saturated carbocycles. The van der Waals surface area contributed by atoms with Crippen LogP contribution in [0.15, 0.2) is 15.2 Å². The van der Waals surface area contributed by atoms with E-state index in [1.165, 1.54) is 39.6 Å². The molecule has 0 radical (unpaired) electrons. The number of nitrogens with zero attached hydrogens (tertiary/aromatic N) is 5. The van der Waals surface area contributed by atoms with Gasteiger partial charge in [-0.1, -0.05) is 20.3 Å². The molecule has 5 amide bonds. The van der Waals surface area contributed by atoms with Crippen LogP contribution in [0, 0.1) is 12.8 Å². The fourth-order valence-corrected chi connectivity index (χ4v) is 7.69. The number of likely N-dealkylation sites (N-methyl/N-ethyl adjacent to an activating group) is 1. The number of carbonyl (C=O) groups is 4. The first kappa shape index (κ1) is 29.2. The lowest BCUT2D eigenvalue weighted by Gasteiger charge is -2.33.